The van der Waals surface area contributed by atoms with Crippen LogP contribution in [0.4, 0.5) is 0 Å². The molecule has 18 heavy (non-hydrogen) atoms. The Morgan fingerprint density at radius 2 is 2.00 bits per heavy atom. The van der Waals surface area contributed by atoms with E-state index in [1.54, 1.807) is 0 Å². The molecular weight excluding hydrogens is 290 g/mol. The van der Waals surface area contributed by atoms with Gasteiger partial charge in [-0.1, -0.05) is 47.5 Å². The van der Waals surface area contributed by atoms with Crippen LogP contribution in [0.25, 0.3) is 0 Å². The lowest BCUT2D eigenvalue weighted by molar-refractivity contribution is 0.0935. The molecule has 0 saturated heterocycles. The summed E-state index contributed by atoms with van der Waals surface area (Å²) in [6.07, 6.45) is 1.04. The van der Waals surface area contributed by atoms with Gasteiger partial charge in [0.05, 0.1) is 0 Å². The Morgan fingerprint density at radius 3 is 2.56 bits per heavy atom. The van der Waals surface area contributed by atoms with Crippen molar-refractivity contribution in [3.05, 3.63) is 34.9 Å². The molecule has 0 heterocycles. The number of carbonyl (C=O) groups excluding carboxylic acids is 1. The largest absolute Gasteiger partial charge is 0.351 e. The van der Waals surface area contributed by atoms with E-state index in [9.17, 15) is 4.79 Å². The maximum atomic E-state index is 12.1. The molecule has 1 amide bonds. The summed E-state index contributed by atoms with van der Waals surface area (Å²) < 4.78 is 0. The number of amides is 1. The van der Waals surface area contributed by atoms with Gasteiger partial charge in [0.2, 0.25) is 0 Å². The van der Waals surface area contributed by atoms with Gasteiger partial charge in [-0.15, -0.1) is 0 Å². The molecule has 0 spiro atoms. The van der Waals surface area contributed by atoms with E-state index in [0.29, 0.717) is 6.54 Å². The molecule has 0 radical (unpaired) electrons. The SMILES string of the molecule is Cc1ccc(C(=O)NCC(C)(C)CCBr)c(C)c1. The van der Waals surface area contributed by atoms with Gasteiger partial charge in [0.25, 0.3) is 5.91 Å². The molecule has 1 N–H and O–H groups in total. The first-order valence-corrected chi connectivity index (χ1v) is 7.39. The highest BCUT2D eigenvalue weighted by Crippen LogP contribution is 2.20. The van der Waals surface area contributed by atoms with E-state index in [0.717, 1.165) is 22.9 Å². The van der Waals surface area contributed by atoms with Crippen molar-refractivity contribution in [2.45, 2.75) is 34.1 Å². The molecule has 100 valence electrons. The molecule has 0 atom stereocenters. The molecule has 1 aromatic carbocycles. The van der Waals surface area contributed by atoms with Crippen LogP contribution < -0.4 is 5.32 Å². The van der Waals surface area contributed by atoms with Crippen LogP contribution in [-0.4, -0.2) is 17.8 Å². The first kappa shape index (κ1) is 15.2. The van der Waals surface area contributed by atoms with Crippen molar-refractivity contribution in [2.24, 2.45) is 5.41 Å². The fourth-order valence-electron chi connectivity index (χ4n) is 1.83. The highest BCUT2D eigenvalue weighted by atomic mass is 79.9. The second-order valence-electron chi connectivity index (χ2n) is 5.60. The predicted molar refractivity (Wildman–Crippen MR) is 80.4 cm³/mol. The highest BCUT2D eigenvalue weighted by Gasteiger charge is 2.18. The van der Waals surface area contributed by atoms with Crippen LogP contribution >= 0.6 is 15.9 Å². The van der Waals surface area contributed by atoms with Crippen LogP contribution in [0.3, 0.4) is 0 Å². The second-order valence-corrected chi connectivity index (χ2v) is 6.40. The van der Waals surface area contributed by atoms with Crippen molar-refractivity contribution in [3.8, 4) is 0 Å². The van der Waals surface area contributed by atoms with E-state index in [1.807, 2.05) is 32.0 Å². The van der Waals surface area contributed by atoms with Gasteiger partial charge >= 0.3 is 0 Å². The molecule has 1 rings (SSSR count). The van der Waals surface area contributed by atoms with Crippen molar-refractivity contribution in [3.63, 3.8) is 0 Å². The van der Waals surface area contributed by atoms with Gasteiger partial charge < -0.3 is 5.32 Å². The number of hydrogen-bond donors (Lipinski definition) is 1. The summed E-state index contributed by atoms with van der Waals surface area (Å²) in [5, 5.41) is 3.98. The summed E-state index contributed by atoms with van der Waals surface area (Å²) in [5.74, 6) is 0.0233. The lowest BCUT2D eigenvalue weighted by atomic mass is 9.90. The molecule has 0 fully saturated rings. The smallest absolute Gasteiger partial charge is 0.251 e. The normalized spacial score (nSPS) is 11.4. The standard InChI is InChI=1S/C15H22BrNO/c1-11-5-6-13(12(2)9-11)14(18)17-10-15(3,4)7-8-16/h5-6,9H,7-8,10H2,1-4H3,(H,17,18). The third-order valence-electron chi connectivity index (χ3n) is 3.13. The van der Waals surface area contributed by atoms with Crippen LogP contribution in [0.2, 0.25) is 0 Å². The van der Waals surface area contributed by atoms with Gasteiger partial charge in [-0.3, -0.25) is 4.79 Å². The van der Waals surface area contributed by atoms with Gasteiger partial charge in [-0.25, -0.2) is 0 Å². The number of nitrogens with one attached hydrogen (secondary N) is 1. The molecule has 0 aromatic heterocycles. The van der Waals surface area contributed by atoms with Crippen LogP contribution in [-0.2, 0) is 0 Å². The zero-order valence-electron chi connectivity index (χ0n) is 11.6. The van der Waals surface area contributed by atoms with Gasteiger partial charge in [0, 0.05) is 17.4 Å². The Balaban J connectivity index is 2.66. The van der Waals surface area contributed by atoms with Crippen molar-refractivity contribution in [2.75, 3.05) is 11.9 Å². The van der Waals surface area contributed by atoms with Gasteiger partial charge in [-0.2, -0.15) is 0 Å². The molecular formula is C15H22BrNO. The van der Waals surface area contributed by atoms with Crippen molar-refractivity contribution >= 4 is 21.8 Å². The summed E-state index contributed by atoms with van der Waals surface area (Å²) in [4.78, 5) is 12.1. The molecule has 0 aliphatic carbocycles. The lowest BCUT2D eigenvalue weighted by Gasteiger charge is -2.24. The van der Waals surface area contributed by atoms with E-state index in [1.165, 1.54) is 5.56 Å². The molecule has 1 aromatic rings. The molecule has 0 aliphatic heterocycles. The molecule has 3 heteroatoms. The Morgan fingerprint density at radius 1 is 1.33 bits per heavy atom. The van der Waals surface area contributed by atoms with E-state index >= 15 is 0 Å². The summed E-state index contributed by atoms with van der Waals surface area (Å²) in [6, 6.07) is 5.92. The summed E-state index contributed by atoms with van der Waals surface area (Å²) in [7, 11) is 0. The van der Waals surface area contributed by atoms with Crippen LogP contribution in [0.1, 0.15) is 41.8 Å². The lowest BCUT2D eigenvalue weighted by Crippen LogP contribution is -2.34. The first-order valence-electron chi connectivity index (χ1n) is 6.27. The number of halogens is 1. The first-order chi connectivity index (χ1) is 8.35. The van der Waals surface area contributed by atoms with E-state index < -0.39 is 0 Å². The maximum Gasteiger partial charge on any atom is 0.251 e. The van der Waals surface area contributed by atoms with E-state index in [2.05, 4.69) is 35.1 Å². The Kier molecular flexibility index (Phi) is 5.39. The monoisotopic (exact) mass is 311 g/mol. The fraction of sp³-hybridized carbons (Fsp3) is 0.533. The van der Waals surface area contributed by atoms with Crippen molar-refractivity contribution in [1.82, 2.24) is 5.32 Å². The van der Waals surface area contributed by atoms with E-state index in [4.69, 9.17) is 0 Å². The number of alkyl halides is 1. The third kappa shape index (κ3) is 4.45. The van der Waals surface area contributed by atoms with Crippen molar-refractivity contribution < 1.29 is 4.79 Å². The maximum absolute atomic E-state index is 12.1. The Hall–Kier alpha value is -0.830. The molecule has 2 nitrogen and oxygen atoms in total. The zero-order chi connectivity index (χ0) is 13.8. The number of hydrogen-bond acceptors (Lipinski definition) is 1. The molecule has 0 bridgehead atoms. The van der Waals surface area contributed by atoms with Crippen molar-refractivity contribution in [1.29, 1.82) is 0 Å². The van der Waals surface area contributed by atoms with Gasteiger partial charge in [-0.05, 0) is 37.3 Å². The average Bonchev–Trinajstić information content (AvgIpc) is 2.26. The Labute approximate surface area is 118 Å². The number of carbonyl (C=O) groups is 1. The minimum absolute atomic E-state index is 0.0233. The minimum Gasteiger partial charge on any atom is -0.351 e. The quantitative estimate of drug-likeness (QED) is 0.822. The third-order valence-corrected chi connectivity index (χ3v) is 3.52. The number of rotatable bonds is 5. The van der Waals surface area contributed by atoms with Gasteiger partial charge in [0.1, 0.15) is 0 Å². The molecule has 0 unspecified atom stereocenters. The zero-order valence-corrected chi connectivity index (χ0v) is 13.2. The molecule has 0 aliphatic rings. The van der Waals surface area contributed by atoms with Gasteiger partial charge in [0.15, 0.2) is 0 Å². The topological polar surface area (TPSA) is 29.1 Å². The van der Waals surface area contributed by atoms with Crippen LogP contribution in [0.5, 0.6) is 0 Å². The average molecular weight is 312 g/mol. The number of aryl methyl sites for hydroxylation is 2. The Bertz CT molecular complexity index is 427. The summed E-state index contributed by atoms with van der Waals surface area (Å²) >= 11 is 3.44. The fourth-order valence-corrected chi connectivity index (χ4v) is 2.90. The second kappa shape index (κ2) is 6.37. The van der Waals surface area contributed by atoms with Crippen LogP contribution in [0, 0.1) is 19.3 Å². The van der Waals surface area contributed by atoms with E-state index in [-0.39, 0.29) is 11.3 Å². The minimum atomic E-state index is 0.0233. The summed E-state index contributed by atoms with van der Waals surface area (Å²) in [6.45, 7) is 9.04. The molecule has 0 saturated carbocycles. The highest BCUT2D eigenvalue weighted by molar-refractivity contribution is 9.09. The predicted octanol–water partition coefficient (Wildman–Crippen LogP) is 3.84. The number of benzene rings is 1. The summed E-state index contributed by atoms with van der Waals surface area (Å²) in [5.41, 5.74) is 3.11. The van der Waals surface area contributed by atoms with Crippen LogP contribution in [0.15, 0.2) is 18.2 Å².